The quantitative estimate of drug-likeness (QED) is 0.351. The van der Waals surface area contributed by atoms with Crippen molar-refractivity contribution in [1.82, 2.24) is 10.5 Å². The van der Waals surface area contributed by atoms with Crippen molar-refractivity contribution in [2.24, 2.45) is 10.9 Å². The molecule has 0 saturated carbocycles. The molecular formula is C23H31N5O2. The monoisotopic (exact) mass is 409 g/mol. The van der Waals surface area contributed by atoms with E-state index in [2.05, 4.69) is 17.5 Å². The van der Waals surface area contributed by atoms with E-state index < -0.39 is 0 Å². The number of hydrazone groups is 1. The van der Waals surface area contributed by atoms with Gasteiger partial charge in [-0.25, -0.2) is 0 Å². The highest BCUT2D eigenvalue weighted by molar-refractivity contribution is 6.39. The van der Waals surface area contributed by atoms with Crippen LogP contribution in [-0.2, 0) is 4.79 Å². The van der Waals surface area contributed by atoms with E-state index in [1.165, 1.54) is 5.12 Å². The molecule has 0 radical (unpaired) electrons. The van der Waals surface area contributed by atoms with Crippen LogP contribution in [0.3, 0.4) is 0 Å². The van der Waals surface area contributed by atoms with E-state index in [-0.39, 0.29) is 17.7 Å². The molecule has 3 rings (SSSR count). The van der Waals surface area contributed by atoms with Gasteiger partial charge in [-0.15, -0.1) is 0 Å². The molecule has 1 amide bonds. The molecule has 4 N–H and O–H groups in total. The summed E-state index contributed by atoms with van der Waals surface area (Å²) in [5.74, 6) is 5.74. The minimum Gasteiger partial charge on any atom is -0.506 e. The number of rotatable bonds is 8. The number of aryl methyl sites for hydroxylation is 2. The van der Waals surface area contributed by atoms with Crippen LogP contribution in [0.4, 0.5) is 5.69 Å². The summed E-state index contributed by atoms with van der Waals surface area (Å²) in [6.07, 6.45) is 3.47. The molecule has 1 aliphatic rings. The molecule has 0 aromatic heterocycles. The van der Waals surface area contributed by atoms with E-state index in [0.29, 0.717) is 24.4 Å². The average Bonchev–Trinajstić information content (AvgIpc) is 3.14. The Kier molecular flexibility index (Phi) is 7.07. The Labute approximate surface area is 178 Å². The number of nitrogens with zero attached hydrogens (tertiary/aromatic N) is 3. The maximum absolute atomic E-state index is 12.8. The van der Waals surface area contributed by atoms with Crippen LogP contribution < -0.4 is 16.3 Å². The second-order valence-corrected chi connectivity index (χ2v) is 7.86. The SMILES string of the molecule is CCCCCN(N)NC(=O)C1=NN(c2ccc(C)cc2O)[C@H](c2ccc(C)cc2)C1. The molecule has 30 heavy (non-hydrogen) atoms. The number of carbonyl (C=O) groups is 1. The molecule has 0 saturated heterocycles. The minimum atomic E-state index is -0.319. The number of unbranched alkanes of at least 4 members (excludes halogenated alkanes) is 2. The maximum Gasteiger partial charge on any atom is 0.282 e. The lowest BCUT2D eigenvalue weighted by Gasteiger charge is -2.25. The van der Waals surface area contributed by atoms with Gasteiger partial charge in [-0.3, -0.25) is 21.1 Å². The minimum absolute atomic E-state index is 0.137. The Morgan fingerprint density at radius 1 is 1.20 bits per heavy atom. The smallest absolute Gasteiger partial charge is 0.282 e. The number of nitrogens with two attached hydrogens (primary N) is 1. The van der Waals surface area contributed by atoms with Gasteiger partial charge < -0.3 is 5.11 Å². The first-order chi connectivity index (χ1) is 14.4. The second-order valence-electron chi connectivity index (χ2n) is 7.86. The normalized spacial score (nSPS) is 16.1. The zero-order chi connectivity index (χ0) is 21.7. The van der Waals surface area contributed by atoms with E-state index in [1.807, 2.05) is 50.2 Å². The standard InChI is InChI=1S/C23H31N5O2/c1-4-5-6-13-27(24)26-23(30)19-15-21(18-10-7-16(2)8-11-18)28(25-19)20-12-9-17(3)14-22(20)29/h7-12,14,21,29H,4-6,13,15,24H2,1-3H3,(H,26,30)/t21-/m0/s1. The van der Waals surface area contributed by atoms with Crippen LogP contribution in [0.25, 0.3) is 0 Å². The molecule has 1 aliphatic heterocycles. The number of hydrogen-bond acceptors (Lipinski definition) is 6. The summed E-state index contributed by atoms with van der Waals surface area (Å²) < 4.78 is 0. The van der Waals surface area contributed by atoms with E-state index in [4.69, 9.17) is 5.84 Å². The first-order valence-electron chi connectivity index (χ1n) is 10.4. The van der Waals surface area contributed by atoms with Crippen molar-refractivity contribution in [1.29, 1.82) is 0 Å². The molecule has 2 aromatic rings. The summed E-state index contributed by atoms with van der Waals surface area (Å²) >= 11 is 0. The number of benzene rings is 2. The van der Waals surface area contributed by atoms with Crippen molar-refractivity contribution in [2.75, 3.05) is 11.6 Å². The van der Waals surface area contributed by atoms with Crippen molar-refractivity contribution in [3.63, 3.8) is 0 Å². The summed E-state index contributed by atoms with van der Waals surface area (Å²) in [4.78, 5) is 12.8. The number of hydrogen-bond donors (Lipinski definition) is 3. The van der Waals surface area contributed by atoms with Gasteiger partial charge in [0.15, 0.2) is 0 Å². The number of carbonyl (C=O) groups excluding carboxylic acids is 1. The Morgan fingerprint density at radius 2 is 1.90 bits per heavy atom. The Morgan fingerprint density at radius 3 is 2.57 bits per heavy atom. The van der Waals surface area contributed by atoms with Gasteiger partial charge >= 0.3 is 0 Å². The Balaban J connectivity index is 1.84. The molecule has 0 aliphatic carbocycles. The van der Waals surface area contributed by atoms with Crippen LogP contribution in [0.2, 0.25) is 0 Å². The third kappa shape index (κ3) is 5.17. The number of anilines is 1. The number of phenols is 1. The number of hydrazine groups is 2. The van der Waals surface area contributed by atoms with Gasteiger partial charge in [-0.2, -0.15) is 10.2 Å². The third-order valence-corrected chi connectivity index (χ3v) is 5.26. The second kappa shape index (κ2) is 9.73. The van der Waals surface area contributed by atoms with Crippen molar-refractivity contribution in [2.45, 2.75) is 52.5 Å². The van der Waals surface area contributed by atoms with Crippen LogP contribution in [0.5, 0.6) is 5.75 Å². The fourth-order valence-corrected chi connectivity index (χ4v) is 3.53. The lowest BCUT2D eigenvalue weighted by atomic mass is 10.00. The van der Waals surface area contributed by atoms with Crippen molar-refractivity contribution in [3.8, 4) is 5.75 Å². The van der Waals surface area contributed by atoms with E-state index in [1.54, 1.807) is 11.1 Å². The molecular weight excluding hydrogens is 378 g/mol. The number of amides is 1. The zero-order valence-electron chi connectivity index (χ0n) is 17.9. The van der Waals surface area contributed by atoms with E-state index in [0.717, 1.165) is 36.0 Å². The lowest BCUT2D eigenvalue weighted by molar-refractivity contribution is -0.119. The van der Waals surface area contributed by atoms with Gasteiger partial charge in [0.25, 0.3) is 5.91 Å². The predicted octanol–water partition coefficient (Wildman–Crippen LogP) is 3.71. The van der Waals surface area contributed by atoms with Crippen LogP contribution in [-0.4, -0.2) is 28.4 Å². The van der Waals surface area contributed by atoms with Gasteiger partial charge in [-0.1, -0.05) is 55.7 Å². The number of nitrogens with one attached hydrogen (secondary N) is 1. The molecule has 160 valence electrons. The van der Waals surface area contributed by atoms with Gasteiger partial charge in [0.05, 0.1) is 6.04 Å². The lowest BCUT2D eigenvalue weighted by Crippen LogP contribution is -2.49. The first kappa shape index (κ1) is 21.8. The van der Waals surface area contributed by atoms with Crippen LogP contribution in [0.1, 0.15) is 55.3 Å². The molecule has 0 spiro atoms. The summed E-state index contributed by atoms with van der Waals surface area (Å²) in [5.41, 5.74) is 6.80. The maximum atomic E-state index is 12.8. The van der Waals surface area contributed by atoms with Gasteiger partial charge in [0.1, 0.15) is 17.1 Å². The predicted molar refractivity (Wildman–Crippen MR) is 120 cm³/mol. The first-order valence-corrected chi connectivity index (χ1v) is 10.4. The summed E-state index contributed by atoms with van der Waals surface area (Å²) in [5, 5.41) is 18.1. The van der Waals surface area contributed by atoms with Crippen LogP contribution in [0, 0.1) is 13.8 Å². The van der Waals surface area contributed by atoms with Crippen molar-refractivity contribution < 1.29 is 9.90 Å². The highest BCUT2D eigenvalue weighted by atomic mass is 16.3. The zero-order valence-corrected chi connectivity index (χ0v) is 17.9. The molecule has 7 nitrogen and oxygen atoms in total. The largest absolute Gasteiger partial charge is 0.506 e. The molecule has 0 bridgehead atoms. The van der Waals surface area contributed by atoms with Gasteiger partial charge in [-0.05, 0) is 43.5 Å². The fourth-order valence-electron chi connectivity index (χ4n) is 3.53. The number of aromatic hydroxyl groups is 1. The van der Waals surface area contributed by atoms with Crippen LogP contribution >= 0.6 is 0 Å². The highest BCUT2D eigenvalue weighted by Gasteiger charge is 2.34. The molecule has 1 heterocycles. The van der Waals surface area contributed by atoms with E-state index in [9.17, 15) is 9.90 Å². The van der Waals surface area contributed by atoms with Crippen LogP contribution in [0.15, 0.2) is 47.6 Å². The summed E-state index contributed by atoms with van der Waals surface area (Å²) in [6.45, 7) is 6.65. The Hall–Kier alpha value is -2.90. The highest BCUT2D eigenvalue weighted by Crippen LogP contribution is 2.39. The summed E-state index contributed by atoms with van der Waals surface area (Å²) in [6, 6.07) is 13.4. The summed E-state index contributed by atoms with van der Waals surface area (Å²) in [7, 11) is 0. The fraction of sp³-hybridized carbons (Fsp3) is 0.391. The molecule has 0 unspecified atom stereocenters. The topological polar surface area (TPSA) is 94.2 Å². The average molecular weight is 410 g/mol. The number of phenolic OH excluding ortho intramolecular Hbond substituents is 1. The third-order valence-electron chi connectivity index (χ3n) is 5.26. The van der Waals surface area contributed by atoms with Crippen molar-refractivity contribution in [3.05, 3.63) is 59.2 Å². The molecule has 0 fully saturated rings. The van der Waals surface area contributed by atoms with Crippen molar-refractivity contribution >= 4 is 17.3 Å². The molecule has 1 atom stereocenters. The van der Waals surface area contributed by atoms with Gasteiger partial charge in [0, 0.05) is 13.0 Å². The molecule has 2 aromatic carbocycles. The Bertz CT molecular complexity index is 910. The van der Waals surface area contributed by atoms with Gasteiger partial charge in [0.2, 0.25) is 0 Å². The molecule has 7 heteroatoms. The van der Waals surface area contributed by atoms with E-state index >= 15 is 0 Å².